The van der Waals surface area contributed by atoms with E-state index in [-0.39, 0.29) is 22.8 Å². The van der Waals surface area contributed by atoms with Gasteiger partial charge in [0.25, 0.3) is 6.43 Å². The van der Waals surface area contributed by atoms with Gasteiger partial charge >= 0.3 is 0 Å². The van der Waals surface area contributed by atoms with Gasteiger partial charge in [-0.25, -0.2) is 23.1 Å². The Kier molecular flexibility index (Phi) is 4.83. The molecule has 1 aromatic carbocycles. The molecule has 0 bridgehead atoms. The maximum absolute atomic E-state index is 14.2. The first-order valence-electron chi connectivity index (χ1n) is 6.77. The number of halogens is 3. The lowest BCUT2D eigenvalue weighted by molar-refractivity contribution is 0.112. The third-order valence-corrected chi connectivity index (χ3v) is 3.32. The summed E-state index contributed by atoms with van der Waals surface area (Å²) < 4.78 is 39.7. The minimum Gasteiger partial charge on any atom is -0.383 e. The van der Waals surface area contributed by atoms with Gasteiger partial charge in [0.15, 0.2) is 6.29 Å². The summed E-state index contributed by atoms with van der Waals surface area (Å²) >= 11 is 0. The van der Waals surface area contributed by atoms with Gasteiger partial charge in [0.2, 0.25) is 0 Å². The second-order valence-electron chi connectivity index (χ2n) is 4.95. The van der Waals surface area contributed by atoms with Crippen molar-refractivity contribution in [1.82, 2.24) is 9.97 Å². The summed E-state index contributed by atoms with van der Waals surface area (Å²) in [6.45, 7) is 3.15. The number of rotatable bonds is 5. The maximum atomic E-state index is 14.2. The summed E-state index contributed by atoms with van der Waals surface area (Å²) in [5.74, 6) is -0.554. The molecule has 3 N–H and O–H groups in total. The lowest BCUT2D eigenvalue weighted by atomic mass is 10.0. The molecule has 5 nitrogen and oxygen atoms in total. The monoisotopic (exact) mass is 324 g/mol. The van der Waals surface area contributed by atoms with E-state index < -0.39 is 23.8 Å². The quantitative estimate of drug-likeness (QED) is 0.824. The zero-order valence-electron chi connectivity index (χ0n) is 12.5. The SMILES string of the molecule is Cc1nc(N)c(C=O)c(N[C@H](C)c2cccc(C(F)F)c2F)n1. The van der Waals surface area contributed by atoms with Crippen LogP contribution in [0.5, 0.6) is 0 Å². The molecule has 1 atom stereocenters. The standard InChI is InChI=1S/C15H15F3N4O/c1-7(9-4-3-5-10(12(9)16)13(17)18)20-15-11(6-23)14(19)21-8(2)22-15/h3-7,13H,1-2H3,(H3,19,20,21,22)/t7-/m1/s1. The number of alkyl halides is 2. The Morgan fingerprint density at radius 2 is 1.91 bits per heavy atom. The van der Waals surface area contributed by atoms with Crippen LogP contribution < -0.4 is 11.1 Å². The predicted molar refractivity (Wildman–Crippen MR) is 80.0 cm³/mol. The number of anilines is 2. The summed E-state index contributed by atoms with van der Waals surface area (Å²) in [5.41, 5.74) is 5.04. The number of aldehydes is 1. The molecule has 0 aliphatic rings. The molecule has 0 radical (unpaired) electrons. The van der Waals surface area contributed by atoms with Gasteiger partial charge in [-0.05, 0) is 13.8 Å². The molecule has 8 heteroatoms. The van der Waals surface area contributed by atoms with Crippen molar-refractivity contribution in [2.45, 2.75) is 26.3 Å². The molecular formula is C15H15F3N4O. The van der Waals surface area contributed by atoms with Crippen LogP contribution >= 0.6 is 0 Å². The number of hydrogen-bond donors (Lipinski definition) is 2. The van der Waals surface area contributed by atoms with Crippen molar-refractivity contribution in [3.05, 3.63) is 46.5 Å². The Morgan fingerprint density at radius 3 is 2.52 bits per heavy atom. The molecule has 2 aromatic rings. The lowest BCUT2D eigenvalue weighted by Crippen LogP contribution is -2.15. The second-order valence-corrected chi connectivity index (χ2v) is 4.95. The number of hydrogen-bond acceptors (Lipinski definition) is 5. The molecule has 0 spiro atoms. The van der Waals surface area contributed by atoms with Crippen molar-refractivity contribution in [2.75, 3.05) is 11.1 Å². The zero-order valence-corrected chi connectivity index (χ0v) is 12.5. The Bertz CT molecular complexity index is 737. The molecule has 0 saturated heterocycles. The fourth-order valence-corrected chi connectivity index (χ4v) is 2.18. The van der Waals surface area contributed by atoms with Crippen molar-refractivity contribution >= 4 is 17.9 Å². The molecule has 23 heavy (non-hydrogen) atoms. The van der Waals surface area contributed by atoms with Gasteiger partial charge in [-0.15, -0.1) is 0 Å². The third kappa shape index (κ3) is 3.41. The van der Waals surface area contributed by atoms with Gasteiger partial charge in [-0.2, -0.15) is 0 Å². The highest BCUT2D eigenvalue weighted by Crippen LogP contribution is 2.29. The predicted octanol–water partition coefficient (Wildman–Crippen LogP) is 3.43. The molecule has 0 amide bonds. The number of carbonyl (C=O) groups is 1. The summed E-state index contributed by atoms with van der Waals surface area (Å²) in [7, 11) is 0. The summed E-state index contributed by atoms with van der Waals surface area (Å²) in [6.07, 6.45) is -2.43. The molecule has 2 rings (SSSR count). The van der Waals surface area contributed by atoms with Crippen LogP contribution in [-0.4, -0.2) is 16.3 Å². The molecule has 0 saturated carbocycles. The van der Waals surface area contributed by atoms with Crippen molar-refractivity contribution in [3.8, 4) is 0 Å². The van der Waals surface area contributed by atoms with Crippen LogP contribution in [0.15, 0.2) is 18.2 Å². The Balaban J connectivity index is 2.39. The molecule has 0 aliphatic heterocycles. The number of aryl methyl sites for hydroxylation is 1. The van der Waals surface area contributed by atoms with E-state index in [1.807, 2.05) is 0 Å². The zero-order chi connectivity index (χ0) is 17.1. The van der Waals surface area contributed by atoms with Crippen LogP contribution in [0.2, 0.25) is 0 Å². The molecule has 0 fully saturated rings. The molecule has 1 heterocycles. The minimum absolute atomic E-state index is 0.0102. The van der Waals surface area contributed by atoms with Gasteiger partial charge < -0.3 is 11.1 Å². The van der Waals surface area contributed by atoms with Crippen LogP contribution in [-0.2, 0) is 0 Å². The van der Waals surface area contributed by atoms with E-state index in [1.165, 1.54) is 12.1 Å². The van der Waals surface area contributed by atoms with Crippen molar-refractivity contribution in [3.63, 3.8) is 0 Å². The first-order chi connectivity index (χ1) is 10.8. The van der Waals surface area contributed by atoms with Gasteiger partial charge in [0.05, 0.1) is 17.2 Å². The topological polar surface area (TPSA) is 80.9 Å². The fourth-order valence-electron chi connectivity index (χ4n) is 2.18. The van der Waals surface area contributed by atoms with Crippen LogP contribution in [0.4, 0.5) is 24.8 Å². The lowest BCUT2D eigenvalue weighted by Gasteiger charge is -2.18. The van der Waals surface area contributed by atoms with E-state index in [2.05, 4.69) is 15.3 Å². The third-order valence-electron chi connectivity index (χ3n) is 3.32. The average Bonchev–Trinajstić information content (AvgIpc) is 2.46. The number of nitrogens with one attached hydrogen (secondary N) is 1. The average molecular weight is 324 g/mol. The summed E-state index contributed by atoms with van der Waals surface area (Å²) in [5, 5.41) is 2.82. The minimum atomic E-state index is -2.91. The first-order valence-corrected chi connectivity index (χ1v) is 6.77. The van der Waals surface area contributed by atoms with Crippen molar-refractivity contribution < 1.29 is 18.0 Å². The van der Waals surface area contributed by atoms with Crippen LogP contribution in [0.25, 0.3) is 0 Å². The van der Waals surface area contributed by atoms with E-state index in [9.17, 15) is 18.0 Å². The van der Waals surface area contributed by atoms with E-state index in [1.54, 1.807) is 13.8 Å². The normalized spacial score (nSPS) is 12.3. The van der Waals surface area contributed by atoms with E-state index in [0.29, 0.717) is 12.1 Å². The highest BCUT2D eigenvalue weighted by Gasteiger charge is 2.21. The molecule has 122 valence electrons. The van der Waals surface area contributed by atoms with Crippen molar-refractivity contribution in [1.29, 1.82) is 0 Å². The van der Waals surface area contributed by atoms with Crippen LogP contribution in [0.3, 0.4) is 0 Å². The van der Waals surface area contributed by atoms with Gasteiger partial charge in [-0.3, -0.25) is 4.79 Å². The second kappa shape index (κ2) is 6.64. The maximum Gasteiger partial charge on any atom is 0.266 e. The van der Waals surface area contributed by atoms with Gasteiger partial charge in [0, 0.05) is 5.56 Å². The number of nitrogen functional groups attached to an aromatic ring is 1. The van der Waals surface area contributed by atoms with Crippen LogP contribution in [0, 0.1) is 12.7 Å². The smallest absolute Gasteiger partial charge is 0.266 e. The molecule has 0 unspecified atom stereocenters. The highest BCUT2D eigenvalue weighted by atomic mass is 19.3. The number of aromatic nitrogens is 2. The van der Waals surface area contributed by atoms with Gasteiger partial charge in [0.1, 0.15) is 23.3 Å². The number of nitrogens with two attached hydrogens (primary N) is 1. The summed E-state index contributed by atoms with van der Waals surface area (Å²) in [4.78, 5) is 19.0. The van der Waals surface area contributed by atoms with E-state index >= 15 is 0 Å². The number of benzene rings is 1. The Morgan fingerprint density at radius 1 is 1.26 bits per heavy atom. The largest absolute Gasteiger partial charge is 0.383 e. The Hall–Kier alpha value is -2.64. The fraction of sp³-hybridized carbons (Fsp3) is 0.267. The number of carbonyl (C=O) groups excluding carboxylic acids is 1. The molecular weight excluding hydrogens is 309 g/mol. The Labute approximate surface area is 130 Å². The van der Waals surface area contributed by atoms with Crippen molar-refractivity contribution in [2.24, 2.45) is 0 Å². The van der Waals surface area contributed by atoms with E-state index in [0.717, 1.165) is 6.07 Å². The highest BCUT2D eigenvalue weighted by molar-refractivity contribution is 5.88. The van der Waals surface area contributed by atoms with Crippen LogP contribution in [0.1, 0.15) is 46.7 Å². The van der Waals surface area contributed by atoms with Gasteiger partial charge in [-0.1, -0.05) is 18.2 Å². The van der Waals surface area contributed by atoms with E-state index in [4.69, 9.17) is 5.73 Å². The molecule has 1 aromatic heterocycles. The summed E-state index contributed by atoms with van der Waals surface area (Å²) in [6, 6.07) is 3.05. The first kappa shape index (κ1) is 16.7. The number of nitrogens with zero attached hydrogens (tertiary/aromatic N) is 2. The molecule has 0 aliphatic carbocycles.